The number of rotatable bonds is 8. The van der Waals surface area contributed by atoms with Crippen molar-refractivity contribution in [3.05, 3.63) is 53.3 Å². The van der Waals surface area contributed by atoms with E-state index in [1.54, 1.807) is 11.8 Å². The molecule has 0 saturated heterocycles. The van der Waals surface area contributed by atoms with Crippen molar-refractivity contribution in [1.29, 1.82) is 0 Å². The Hall–Kier alpha value is -2.45. The van der Waals surface area contributed by atoms with E-state index in [4.69, 9.17) is 4.74 Å². The number of aryl methyl sites for hydroxylation is 1. The van der Waals surface area contributed by atoms with Crippen molar-refractivity contribution < 1.29 is 9.53 Å². The van der Waals surface area contributed by atoms with Crippen molar-refractivity contribution in [3.63, 3.8) is 0 Å². The molecule has 2 heterocycles. The molecule has 1 aromatic carbocycles. The second kappa shape index (κ2) is 8.29. The van der Waals surface area contributed by atoms with Crippen molar-refractivity contribution in [2.24, 2.45) is 0 Å². The summed E-state index contributed by atoms with van der Waals surface area (Å²) < 4.78 is 8.89. The molecule has 3 aromatic rings. The molecular weight excluding hydrogens is 350 g/mol. The van der Waals surface area contributed by atoms with Crippen LogP contribution in [0.25, 0.3) is 5.69 Å². The summed E-state index contributed by atoms with van der Waals surface area (Å²) >= 11 is 1.34. The highest BCUT2D eigenvalue weighted by Gasteiger charge is 2.17. The zero-order valence-corrected chi connectivity index (χ0v) is 15.9. The molecule has 0 bridgehead atoms. The fourth-order valence-electron chi connectivity index (χ4n) is 2.82. The van der Waals surface area contributed by atoms with E-state index in [9.17, 15) is 4.79 Å². The normalized spacial score (nSPS) is 11.0. The van der Waals surface area contributed by atoms with Crippen molar-refractivity contribution in [2.75, 3.05) is 19.5 Å². The molecule has 136 valence electrons. The number of ketones is 1. The van der Waals surface area contributed by atoms with Gasteiger partial charge in [-0.05, 0) is 42.5 Å². The van der Waals surface area contributed by atoms with Crippen molar-refractivity contribution in [3.8, 4) is 5.69 Å². The van der Waals surface area contributed by atoms with Crippen molar-refractivity contribution in [1.82, 2.24) is 24.8 Å². The van der Waals surface area contributed by atoms with Gasteiger partial charge in [-0.2, -0.15) is 4.68 Å². The molecule has 0 saturated carbocycles. The van der Waals surface area contributed by atoms with E-state index in [1.807, 2.05) is 50.2 Å². The molecule has 0 unspecified atom stereocenters. The predicted octanol–water partition coefficient (Wildman–Crippen LogP) is 2.70. The molecule has 0 amide bonds. The summed E-state index contributed by atoms with van der Waals surface area (Å²) in [6, 6.07) is 11.6. The Morgan fingerprint density at radius 2 is 2.00 bits per heavy atom. The van der Waals surface area contributed by atoms with Gasteiger partial charge in [0.05, 0.1) is 18.0 Å². The number of para-hydroxylation sites is 1. The number of methoxy groups -OCH3 is 1. The Kier molecular flexibility index (Phi) is 5.85. The molecule has 0 aliphatic carbocycles. The number of carbonyl (C=O) groups excluding carboxylic acids is 1. The maximum Gasteiger partial charge on any atom is 0.214 e. The Labute approximate surface area is 156 Å². The van der Waals surface area contributed by atoms with Crippen molar-refractivity contribution >= 4 is 17.5 Å². The summed E-state index contributed by atoms with van der Waals surface area (Å²) in [7, 11) is 1.67. The molecule has 0 aliphatic heterocycles. The first-order valence-corrected chi connectivity index (χ1v) is 9.26. The standard InChI is InChI=1S/C18H21N5O2S/c1-13-11-16(14(2)22(13)9-10-25-3)17(24)12-26-18-19-20-21-23(18)15-7-5-4-6-8-15/h4-8,11H,9-10,12H2,1-3H3. The van der Waals surface area contributed by atoms with Gasteiger partial charge in [0, 0.05) is 30.6 Å². The number of tetrazole rings is 1. The quantitative estimate of drug-likeness (QED) is 0.448. The molecule has 3 rings (SSSR count). The van der Waals surface area contributed by atoms with Gasteiger partial charge in [-0.3, -0.25) is 4.79 Å². The summed E-state index contributed by atoms with van der Waals surface area (Å²) in [6.07, 6.45) is 0. The van der Waals surface area contributed by atoms with Crippen LogP contribution < -0.4 is 0 Å². The lowest BCUT2D eigenvalue weighted by Gasteiger charge is -2.08. The minimum absolute atomic E-state index is 0.0642. The van der Waals surface area contributed by atoms with Crippen LogP contribution in [-0.2, 0) is 11.3 Å². The highest BCUT2D eigenvalue weighted by atomic mass is 32.2. The molecule has 8 heteroatoms. The second-order valence-electron chi connectivity index (χ2n) is 5.85. The molecule has 0 spiro atoms. The first-order chi connectivity index (χ1) is 12.6. The second-order valence-corrected chi connectivity index (χ2v) is 6.79. The predicted molar refractivity (Wildman–Crippen MR) is 100.0 cm³/mol. The first-order valence-electron chi connectivity index (χ1n) is 8.27. The fourth-order valence-corrected chi connectivity index (χ4v) is 3.59. The third kappa shape index (κ3) is 3.86. The number of hydrogen-bond acceptors (Lipinski definition) is 6. The largest absolute Gasteiger partial charge is 0.383 e. The lowest BCUT2D eigenvalue weighted by atomic mass is 10.2. The lowest BCUT2D eigenvalue weighted by molar-refractivity contribution is 0.102. The maximum atomic E-state index is 12.7. The maximum absolute atomic E-state index is 12.7. The van der Waals surface area contributed by atoms with Gasteiger partial charge in [0.1, 0.15) is 0 Å². The molecule has 0 fully saturated rings. The Morgan fingerprint density at radius 3 is 2.73 bits per heavy atom. The molecule has 2 aromatic heterocycles. The Morgan fingerprint density at radius 1 is 1.23 bits per heavy atom. The molecule has 0 N–H and O–H groups in total. The third-order valence-corrected chi connectivity index (χ3v) is 5.09. The van der Waals surface area contributed by atoms with E-state index >= 15 is 0 Å². The summed E-state index contributed by atoms with van der Waals surface area (Å²) in [5.74, 6) is 0.344. The molecule has 0 radical (unpaired) electrons. The lowest BCUT2D eigenvalue weighted by Crippen LogP contribution is -2.10. The SMILES string of the molecule is COCCn1c(C)cc(C(=O)CSc2nnnn2-c2ccccc2)c1C. The van der Waals surface area contributed by atoms with E-state index < -0.39 is 0 Å². The van der Waals surface area contributed by atoms with Crippen molar-refractivity contribution in [2.45, 2.75) is 25.5 Å². The minimum atomic E-state index is 0.0642. The average molecular weight is 371 g/mol. The van der Waals surface area contributed by atoms with E-state index in [-0.39, 0.29) is 11.5 Å². The van der Waals surface area contributed by atoms with Crippen LogP contribution in [0.1, 0.15) is 21.7 Å². The van der Waals surface area contributed by atoms with Crippen LogP contribution >= 0.6 is 11.8 Å². The van der Waals surface area contributed by atoms with Gasteiger partial charge in [0.15, 0.2) is 5.78 Å². The van der Waals surface area contributed by atoms with E-state index in [0.29, 0.717) is 11.8 Å². The summed E-state index contributed by atoms with van der Waals surface area (Å²) in [5, 5.41) is 12.4. The third-order valence-electron chi connectivity index (χ3n) is 4.17. The molecular formula is C18H21N5O2S. The van der Waals surface area contributed by atoms with Crippen LogP contribution in [0.3, 0.4) is 0 Å². The van der Waals surface area contributed by atoms with Gasteiger partial charge in [0.2, 0.25) is 5.16 Å². The van der Waals surface area contributed by atoms with Gasteiger partial charge >= 0.3 is 0 Å². The molecule has 0 atom stereocenters. The first kappa shape index (κ1) is 18.3. The van der Waals surface area contributed by atoms with Crippen LogP contribution in [0, 0.1) is 13.8 Å². The number of thioether (sulfide) groups is 1. The van der Waals surface area contributed by atoms with Gasteiger partial charge in [-0.15, -0.1) is 5.10 Å². The van der Waals surface area contributed by atoms with Crippen LogP contribution in [0.5, 0.6) is 0 Å². The monoisotopic (exact) mass is 371 g/mol. The number of nitrogens with zero attached hydrogens (tertiary/aromatic N) is 5. The van der Waals surface area contributed by atoms with Crippen LogP contribution in [0.15, 0.2) is 41.6 Å². The zero-order chi connectivity index (χ0) is 18.5. The Balaban J connectivity index is 1.72. The van der Waals surface area contributed by atoms with E-state index in [2.05, 4.69) is 20.1 Å². The smallest absolute Gasteiger partial charge is 0.214 e. The van der Waals surface area contributed by atoms with Crippen LogP contribution in [-0.4, -0.2) is 50.0 Å². The highest BCUT2D eigenvalue weighted by molar-refractivity contribution is 7.99. The number of carbonyl (C=O) groups is 1. The molecule has 26 heavy (non-hydrogen) atoms. The van der Waals surface area contributed by atoms with E-state index in [1.165, 1.54) is 11.8 Å². The van der Waals surface area contributed by atoms with Gasteiger partial charge < -0.3 is 9.30 Å². The summed E-state index contributed by atoms with van der Waals surface area (Å²) in [6.45, 7) is 5.32. The summed E-state index contributed by atoms with van der Waals surface area (Å²) in [4.78, 5) is 12.7. The molecule has 0 aliphatic rings. The number of Topliss-reactive ketones (excluding diaryl/α,β-unsaturated/α-hetero) is 1. The topological polar surface area (TPSA) is 74.8 Å². The zero-order valence-electron chi connectivity index (χ0n) is 15.0. The number of ether oxygens (including phenoxy) is 1. The summed E-state index contributed by atoms with van der Waals surface area (Å²) in [5.41, 5.74) is 3.63. The van der Waals surface area contributed by atoms with E-state index in [0.717, 1.165) is 29.2 Å². The number of hydrogen-bond donors (Lipinski definition) is 0. The van der Waals surface area contributed by atoms with Gasteiger partial charge in [-0.1, -0.05) is 30.0 Å². The number of benzene rings is 1. The number of aromatic nitrogens is 5. The van der Waals surface area contributed by atoms with Gasteiger partial charge in [-0.25, -0.2) is 0 Å². The average Bonchev–Trinajstić information content (AvgIpc) is 3.23. The highest BCUT2D eigenvalue weighted by Crippen LogP contribution is 2.22. The Bertz CT molecular complexity index is 888. The minimum Gasteiger partial charge on any atom is -0.383 e. The fraction of sp³-hybridized carbons (Fsp3) is 0.333. The van der Waals surface area contributed by atoms with Crippen LogP contribution in [0.2, 0.25) is 0 Å². The molecule has 7 nitrogen and oxygen atoms in total. The van der Waals surface area contributed by atoms with Crippen LogP contribution in [0.4, 0.5) is 0 Å². The van der Waals surface area contributed by atoms with Gasteiger partial charge in [0.25, 0.3) is 0 Å².